The monoisotopic (exact) mass is 203 g/mol. The van der Waals surface area contributed by atoms with E-state index in [2.05, 4.69) is 18.7 Å². The summed E-state index contributed by atoms with van der Waals surface area (Å²) in [4.78, 5) is 0. The number of rotatable bonds is 5. The molecular weight excluding hydrogens is 182 g/mol. The molecule has 1 aliphatic heterocycles. The average Bonchev–Trinajstić information content (AvgIpc) is 2.14. The molecule has 1 fully saturated rings. The van der Waals surface area contributed by atoms with Crippen molar-refractivity contribution in [2.75, 3.05) is 24.7 Å². The molecule has 1 saturated heterocycles. The van der Waals surface area contributed by atoms with E-state index in [4.69, 9.17) is 10.5 Å². The first kappa shape index (κ1) is 11.3. The first-order valence-electron chi connectivity index (χ1n) is 5.20. The molecule has 0 radical (unpaired) electrons. The van der Waals surface area contributed by atoms with Crippen molar-refractivity contribution in [2.24, 2.45) is 11.7 Å². The van der Waals surface area contributed by atoms with E-state index in [0.29, 0.717) is 6.04 Å². The number of thioether (sulfide) groups is 1. The van der Waals surface area contributed by atoms with Gasteiger partial charge in [0.2, 0.25) is 0 Å². The molecule has 2 nitrogen and oxygen atoms in total. The van der Waals surface area contributed by atoms with Gasteiger partial charge in [-0.25, -0.2) is 0 Å². The van der Waals surface area contributed by atoms with E-state index in [-0.39, 0.29) is 0 Å². The Bertz CT molecular complexity index is 124. The molecule has 0 spiro atoms. The highest BCUT2D eigenvalue weighted by Crippen LogP contribution is 2.20. The SMILES string of the molecule is CC(N)CCSCC1CCOCC1. The molecule has 0 aromatic carbocycles. The first-order valence-corrected chi connectivity index (χ1v) is 6.35. The molecule has 1 rings (SSSR count). The van der Waals surface area contributed by atoms with Gasteiger partial charge in [0.1, 0.15) is 0 Å². The summed E-state index contributed by atoms with van der Waals surface area (Å²) in [7, 11) is 0. The maximum atomic E-state index is 5.68. The Kier molecular flexibility index (Phi) is 5.83. The van der Waals surface area contributed by atoms with Crippen LogP contribution in [-0.2, 0) is 4.74 Å². The van der Waals surface area contributed by atoms with Crippen LogP contribution in [0.15, 0.2) is 0 Å². The summed E-state index contributed by atoms with van der Waals surface area (Å²) in [6.45, 7) is 4.02. The highest BCUT2D eigenvalue weighted by molar-refractivity contribution is 7.99. The molecule has 1 unspecified atom stereocenters. The summed E-state index contributed by atoms with van der Waals surface area (Å²) in [5.74, 6) is 3.41. The summed E-state index contributed by atoms with van der Waals surface area (Å²) in [6.07, 6.45) is 3.66. The second-order valence-electron chi connectivity index (χ2n) is 3.90. The normalized spacial score (nSPS) is 21.7. The Morgan fingerprint density at radius 1 is 1.46 bits per heavy atom. The van der Waals surface area contributed by atoms with E-state index >= 15 is 0 Å². The molecule has 1 heterocycles. The highest BCUT2D eigenvalue weighted by Gasteiger charge is 2.13. The summed E-state index contributed by atoms with van der Waals surface area (Å²) < 4.78 is 5.31. The van der Waals surface area contributed by atoms with Crippen LogP contribution in [0.25, 0.3) is 0 Å². The number of ether oxygens (including phenoxy) is 1. The van der Waals surface area contributed by atoms with E-state index in [0.717, 1.165) is 25.6 Å². The Morgan fingerprint density at radius 3 is 2.77 bits per heavy atom. The van der Waals surface area contributed by atoms with Crippen molar-refractivity contribution in [1.82, 2.24) is 0 Å². The number of nitrogens with two attached hydrogens (primary N) is 1. The van der Waals surface area contributed by atoms with Crippen molar-refractivity contribution in [1.29, 1.82) is 0 Å². The van der Waals surface area contributed by atoms with E-state index < -0.39 is 0 Å². The van der Waals surface area contributed by atoms with Crippen molar-refractivity contribution in [3.63, 3.8) is 0 Å². The lowest BCUT2D eigenvalue weighted by atomic mass is 10.0. The largest absolute Gasteiger partial charge is 0.381 e. The van der Waals surface area contributed by atoms with Crippen LogP contribution in [0.2, 0.25) is 0 Å². The third-order valence-electron chi connectivity index (χ3n) is 2.41. The van der Waals surface area contributed by atoms with E-state index in [1.807, 2.05) is 0 Å². The van der Waals surface area contributed by atoms with Gasteiger partial charge in [0.15, 0.2) is 0 Å². The summed E-state index contributed by atoms with van der Waals surface area (Å²) in [5.41, 5.74) is 5.68. The molecule has 2 N–H and O–H groups in total. The summed E-state index contributed by atoms with van der Waals surface area (Å²) in [5, 5.41) is 0. The molecule has 1 atom stereocenters. The number of hydrogen-bond donors (Lipinski definition) is 1. The molecule has 0 aromatic rings. The maximum absolute atomic E-state index is 5.68. The molecule has 13 heavy (non-hydrogen) atoms. The lowest BCUT2D eigenvalue weighted by Crippen LogP contribution is -2.18. The third-order valence-corrected chi connectivity index (χ3v) is 3.64. The van der Waals surface area contributed by atoms with Gasteiger partial charge in [0.05, 0.1) is 0 Å². The predicted molar refractivity (Wildman–Crippen MR) is 59.1 cm³/mol. The van der Waals surface area contributed by atoms with Gasteiger partial charge in [-0.15, -0.1) is 0 Å². The van der Waals surface area contributed by atoms with Crippen LogP contribution in [0.4, 0.5) is 0 Å². The molecule has 0 aliphatic carbocycles. The molecule has 0 bridgehead atoms. The maximum Gasteiger partial charge on any atom is 0.0468 e. The van der Waals surface area contributed by atoms with Gasteiger partial charge in [-0.05, 0) is 43.6 Å². The topological polar surface area (TPSA) is 35.2 Å². The van der Waals surface area contributed by atoms with Crippen LogP contribution in [0.5, 0.6) is 0 Å². The van der Waals surface area contributed by atoms with Gasteiger partial charge in [-0.3, -0.25) is 0 Å². The zero-order valence-electron chi connectivity index (χ0n) is 8.50. The predicted octanol–water partition coefficient (Wildman–Crippen LogP) is 1.88. The first-order chi connectivity index (χ1) is 6.29. The third kappa shape index (κ3) is 5.55. The fourth-order valence-corrected chi connectivity index (χ4v) is 2.80. The standard InChI is InChI=1S/C10H21NOS/c1-9(11)4-7-13-8-10-2-5-12-6-3-10/h9-10H,2-8,11H2,1H3. The molecule has 0 aromatic heterocycles. The second-order valence-corrected chi connectivity index (χ2v) is 5.05. The summed E-state index contributed by atoms with van der Waals surface area (Å²) >= 11 is 2.05. The van der Waals surface area contributed by atoms with Crippen LogP contribution in [0.1, 0.15) is 26.2 Å². The minimum Gasteiger partial charge on any atom is -0.381 e. The second kappa shape index (κ2) is 6.68. The lowest BCUT2D eigenvalue weighted by molar-refractivity contribution is 0.0728. The zero-order valence-corrected chi connectivity index (χ0v) is 9.31. The van der Waals surface area contributed by atoms with Crippen molar-refractivity contribution in [3.05, 3.63) is 0 Å². The zero-order chi connectivity index (χ0) is 9.52. The number of hydrogen-bond acceptors (Lipinski definition) is 3. The molecule has 0 saturated carbocycles. The quantitative estimate of drug-likeness (QED) is 0.693. The Morgan fingerprint density at radius 2 is 2.15 bits per heavy atom. The minimum atomic E-state index is 0.363. The Hall–Kier alpha value is 0.270. The van der Waals surface area contributed by atoms with E-state index in [1.54, 1.807) is 0 Å². The van der Waals surface area contributed by atoms with Gasteiger partial charge >= 0.3 is 0 Å². The molecule has 0 amide bonds. The lowest BCUT2D eigenvalue weighted by Gasteiger charge is -2.21. The summed E-state index contributed by atoms with van der Waals surface area (Å²) in [6, 6.07) is 0.363. The average molecular weight is 203 g/mol. The fourth-order valence-electron chi connectivity index (χ4n) is 1.43. The van der Waals surface area contributed by atoms with Gasteiger partial charge in [0, 0.05) is 19.3 Å². The van der Waals surface area contributed by atoms with Gasteiger partial charge in [-0.2, -0.15) is 11.8 Å². The van der Waals surface area contributed by atoms with Crippen LogP contribution in [0, 0.1) is 5.92 Å². The van der Waals surface area contributed by atoms with Gasteiger partial charge in [0.25, 0.3) is 0 Å². The molecule has 1 aliphatic rings. The molecular formula is C10H21NOS. The van der Waals surface area contributed by atoms with Crippen LogP contribution < -0.4 is 5.73 Å². The van der Waals surface area contributed by atoms with Crippen molar-refractivity contribution < 1.29 is 4.74 Å². The minimum absolute atomic E-state index is 0.363. The smallest absolute Gasteiger partial charge is 0.0468 e. The van der Waals surface area contributed by atoms with E-state index in [1.165, 1.54) is 24.3 Å². The van der Waals surface area contributed by atoms with Gasteiger partial charge in [-0.1, -0.05) is 0 Å². The van der Waals surface area contributed by atoms with Crippen molar-refractivity contribution >= 4 is 11.8 Å². The molecule has 78 valence electrons. The Balaban J connectivity index is 1.92. The van der Waals surface area contributed by atoms with Crippen LogP contribution in [0.3, 0.4) is 0 Å². The van der Waals surface area contributed by atoms with E-state index in [9.17, 15) is 0 Å². The van der Waals surface area contributed by atoms with Crippen molar-refractivity contribution in [3.8, 4) is 0 Å². The van der Waals surface area contributed by atoms with Gasteiger partial charge < -0.3 is 10.5 Å². The Labute approximate surface area is 85.6 Å². The molecule has 3 heteroatoms. The van der Waals surface area contributed by atoms with Crippen LogP contribution in [-0.4, -0.2) is 30.8 Å². The highest BCUT2D eigenvalue weighted by atomic mass is 32.2. The van der Waals surface area contributed by atoms with Crippen LogP contribution >= 0.6 is 11.8 Å². The van der Waals surface area contributed by atoms with Crippen molar-refractivity contribution in [2.45, 2.75) is 32.2 Å². The fraction of sp³-hybridized carbons (Fsp3) is 1.00.